The Morgan fingerprint density at radius 1 is 1.50 bits per heavy atom. The average Bonchev–Trinajstić information content (AvgIpc) is 1.84. The van der Waals surface area contributed by atoms with E-state index in [1.807, 2.05) is 0 Å². The highest BCUT2D eigenvalue weighted by Gasteiger charge is 2.31. The quantitative estimate of drug-likeness (QED) is 0.503. The van der Waals surface area contributed by atoms with Crippen LogP contribution in [-0.4, -0.2) is 32.7 Å². The van der Waals surface area contributed by atoms with Crippen LogP contribution in [0.1, 0.15) is 13.8 Å². The molecule has 0 fully saturated rings. The predicted molar refractivity (Wildman–Crippen MR) is 39.7 cm³/mol. The summed E-state index contributed by atoms with van der Waals surface area (Å²) in [6, 6.07) is 0. The number of methoxy groups -OCH3 is 1. The van der Waals surface area contributed by atoms with Crippen LogP contribution in [0, 0.1) is 0 Å². The molecule has 0 aliphatic heterocycles. The topological polar surface area (TPSA) is 82.1 Å². The molecule has 0 bridgehead atoms. The van der Waals surface area contributed by atoms with E-state index >= 15 is 0 Å². The molecule has 7 heteroatoms. The van der Waals surface area contributed by atoms with Crippen LogP contribution in [0.3, 0.4) is 0 Å². The maximum Gasteiger partial charge on any atom is 0.401 e. The molecule has 1 N–H and O–H groups in total. The van der Waals surface area contributed by atoms with Gasteiger partial charge in [-0.05, 0) is 6.92 Å². The molecule has 74 valence electrons. The van der Waals surface area contributed by atoms with Gasteiger partial charge in [0.2, 0.25) is 0 Å². The molecule has 1 atom stereocenters. The summed E-state index contributed by atoms with van der Waals surface area (Å²) in [6.45, 7) is 3.05. The van der Waals surface area contributed by atoms with Crippen LogP contribution in [0.5, 0.6) is 0 Å². The smallest absolute Gasteiger partial charge is 0.330 e. The van der Waals surface area contributed by atoms with Gasteiger partial charge in [0.05, 0.1) is 0 Å². The zero-order chi connectivity index (χ0) is 9.83. The van der Waals surface area contributed by atoms with Gasteiger partial charge in [0.25, 0.3) is 5.97 Å². The first-order chi connectivity index (χ1) is 5.33. The summed E-state index contributed by atoms with van der Waals surface area (Å²) in [5, 5.41) is 0. The maximum atomic E-state index is 10.3. The minimum Gasteiger partial charge on any atom is -0.330 e. The van der Waals surface area contributed by atoms with Gasteiger partial charge in [0.15, 0.2) is 0 Å². The molecule has 0 aliphatic rings. The average molecular weight is 200 g/mol. The van der Waals surface area contributed by atoms with Crippen LogP contribution in [0.25, 0.3) is 0 Å². The second kappa shape index (κ2) is 4.15. The molecule has 0 amide bonds. The first-order valence-electron chi connectivity index (χ1n) is 3.20. The van der Waals surface area contributed by atoms with Crippen molar-refractivity contribution < 1.29 is 26.6 Å². The van der Waals surface area contributed by atoms with Gasteiger partial charge in [0.1, 0.15) is 0 Å². The van der Waals surface area contributed by atoms with E-state index in [0.717, 1.165) is 0 Å². The van der Waals surface area contributed by atoms with E-state index in [0.29, 0.717) is 0 Å². The van der Waals surface area contributed by atoms with Crippen molar-refractivity contribution in [1.82, 2.24) is 0 Å². The Hall–Kier alpha value is -0.210. The van der Waals surface area contributed by atoms with Crippen molar-refractivity contribution in [2.24, 2.45) is 0 Å². The van der Waals surface area contributed by atoms with Crippen LogP contribution in [-0.2, 0) is 24.1 Å². The Morgan fingerprint density at radius 2 is 2.00 bits per heavy atom. The third-order valence-corrected chi connectivity index (χ3v) is 1.55. The lowest BCUT2D eigenvalue weighted by Crippen LogP contribution is -2.36. The molecule has 0 aromatic carbocycles. The zero-order valence-electron chi connectivity index (χ0n) is 7.10. The van der Waals surface area contributed by atoms with E-state index in [4.69, 9.17) is 9.29 Å². The Balaban J connectivity index is 4.34. The third kappa shape index (κ3) is 4.62. The van der Waals surface area contributed by atoms with Crippen LogP contribution < -0.4 is 0 Å². The van der Waals surface area contributed by atoms with Gasteiger partial charge in [0, 0.05) is 20.6 Å². The van der Waals surface area contributed by atoms with E-state index in [1.165, 1.54) is 14.0 Å². The summed E-state index contributed by atoms with van der Waals surface area (Å²) in [6.07, 6.45) is 0. The fourth-order valence-electron chi connectivity index (χ4n) is 0.570. The second-order valence-corrected chi connectivity index (χ2v) is 3.03. The molecule has 12 heavy (non-hydrogen) atoms. The van der Waals surface area contributed by atoms with Crippen molar-refractivity contribution >= 4 is 10.4 Å². The summed E-state index contributed by atoms with van der Waals surface area (Å²) in [7, 11) is -3.37. The second-order valence-electron chi connectivity index (χ2n) is 2.01. The van der Waals surface area contributed by atoms with Crippen molar-refractivity contribution in [3.63, 3.8) is 0 Å². The lowest BCUT2D eigenvalue weighted by atomic mass is 10.6. The molecule has 0 aliphatic carbocycles. The summed E-state index contributed by atoms with van der Waals surface area (Å²) < 4.78 is 42.2. The molecular weight excluding hydrogens is 188 g/mol. The fraction of sp³-hybridized carbons (Fsp3) is 1.00. The number of ether oxygens (including phenoxy) is 2. The lowest BCUT2D eigenvalue weighted by Gasteiger charge is -2.24. The molecule has 0 saturated carbocycles. The minimum atomic E-state index is -4.57. The molecule has 0 aromatic rings. The Morgan fingerprint density at radius 3 is 2.25 bits per heavy atom. The van der Waals surface area contributed by atoms with Crippen molar-refractivity contribution in [3.8, 4) is 0 Å². The highest BCUT2D eigenvalue weighted by Crippen LogP contribution is 2.15. The molecule has 0 saturated heterocycles. The van der Waals surface area contributed by atoms with Crippen molar-refractivity contribution in [2.75, 3.05) is 13.7 Å². The minimum absolute atomic E-state index is 0.194. The standard InChI is InChI=1S/C5H12O6S/c1-4-10-5(2,9-3)11-12(6,7)8/h4H2,1-3H3,(H,6,7,8). The highest BCUT2D eigenvalue weighted by atomic mass is 32.3. The van der Waals surface area contributed by atoms with Gasteiger partial charge >= 0.3 is 10.4 Å². The van der Waals surface area contributed by atoms with E-state index in [9.17, 15) is 8.42 Å². The molecule has 0 spiro atoms. The SMILES string of the molecule is CCOC(C)(OC)OS(=O)(=O)O. The number of hydrogen-bond acceptors (Lipinski definition) is 5. The predicted octanol–water partition coefficient (Wildman–Crippen LogP) is 0.162. The van der Waals surface area contributed by atoms with E-state index in [1.54, 1.807) is 6.92 Å². The normalized spacial score (nSPS) is 17.3. The third-order valence-electron chi connectivity index (χ3n) is 1.03. The van der Waals surface area contributed by atoms with Gasteiger partial charge in [-0.3, -0.25) is 4.55 Å². The first-order valence-corrected chi connectivity index (χ1v) is 4.56. The molecule has 0 radical (unpaired) electrons. The summed E-state index contributed by atoms with van der Waals surface area (Å²) in [4.78, 5) is 0. The van der Waals surface area contributed by atoms with Gasteiger partial charge < -0.3 is 9.47 Å². The largest absolute Gasteiger partial charge is 0.401 e. The fourth-order valence-corrected chi connectivity index (χ4v) is 1.07. The molecular formula is C5H12O6S. The van der Waals surface area contributed by atoms with Gasteiger partial charge in [-0.1, -0.05) is 0 Å². The molecule has 1 unspecified atom stereocenters. The van der Waals surface area contributed by atoms with Gasteiger partial charge in [-0.15, -0.1) is 0 Å². The Labute approximate surface area is 71.4 Å². The van der Waals surface area contributed by atoms with Crippen LogP contribution in [0.2, 0.25) is 0 Å². The van der Waals surface area contributed by atoms with Crippen LogP contribution in [0.4, 0.5) is 0 Å². The molecule has 0 rings (SSSR count). The monoisotopic (exact) mass is 200 g/mol. The first kappa shape index (κ1) is 11.8. The van der Waals surface area contributed by atoms with Gasteiger partial charge in [-0.2, -0.15) is 12.6 Å². The number of hydrogen-bond donors (Lipinski definition) is 1. The van der Waals surface area contributed by atoms with Crippen molar-refractivity contribution in [1.29, 1.82) is 0 Å². The lowest BCUT2D eigenvalue weighted by molar-refractivity contribution is -0.319. The van der Waals surface area contributed by atoms with E-state index < -0.39 is 16.4 Å². The van der Waals surface area contributed by atoms with Crippen molar-refractivity contribution in [3.05, 3.63) is 0 Å². The molecule has 0 heterocycles. The van der Waals surface area contributed by atoms with Crippen LogP contribution >= 0.6 is 0 Å². The summed E-state index contributed by atoms with van der Waals surface area (Å²) in [5.41, 5.74) is 0. The molecule has 0 aromatic heterocycles. The van der Waals surface area contributed by atoms with Crippen LogP contribution in [0.15, 0.2) is 0 Å². The zero-order valence-corrected chi connectivity index (χ0v) is 7.92. The Bertz CT molecular complexity index is 222. The number of rotatable bonds is 5. The van der Waals surface area contributed by atoms with Crippen molar-refractivity contribution in [2.45, 2.75) is 19.8 Å². The maximum absolute atomic E-state index is 10.3. The highest BCUT2D eigenvalue weighted by molar-refractivity contribution is 7.80. The van der Waals surface area contributed by atoms with E-state index in [-0.39, 0.29) is 6.61 Å². The summed E-state index contributed by atoms with van der Waals surface area (Å²) >= 11 is 0. The van der Waals surface area contributed by atoms with E-state index in [2.05, 4.69) is 8.92 Å². The Kier molecular flexibility index (Phi) is 4.08. The van der Waals surface area contributed by atoms with Gasteiger partial charge in [-0.25, -0.2) is 0 Å². The summed E-state index contributed by atoms with van der Waals surface area (Å²) in [5.74, 6) is -1.76. The molecule has 6 nitrogen and oxygen atoms in total.